The number of hydrogen-bond donors (Lipinski definition) is 9. The maximum atomic E-state index is 13.3. The highest BCUT2D eigenvalue weighted by molar-refractivity contribution is 5.76. The van der Waals surface area contributed by atoms with Crippen molar-refractivity contribution >= 4 is 5.91 Å². The standard InChI is InChI=1S/C67H123NO13/c1-3-5-7-9-11-13-15-17-19-21-23-25-27-28-29-31-33-35-37-39-41-43-45-47-49-51-59(72)68-55(54-78-66-64(77)62(75)65(58(53-70)80-66)81-67-63(76)61(74)60(73)57(52-69)79-67)56(71)50-48-46-44-42-40-38-36-34-32-30-26-24-22-20-18-16-14-12-10-8-6-4-2/h15,17,21,23,40,42,48,50,55-58,60-67,69-71,73-77H,3-14,16,18-20,22,24-39,41,43-47,49,51-54H2,1-2H3,(H,68,72)/b17-15-,23-21-,42-40+,50-48+. The largest absolute Gasteiger partial charge is 0.394 e. The third-order valence-electron chi connectivity index (χ3n) is 16.2. The molecule has 0 aromatic heterocycles. The molecule has 0 aliphatic carbocycles. The van der Waals surface area contributed by atoms with Gasteiger partial charge < -0.3 is 65.1 Å². The summed E-state index contributed by atoms with van der Waals surface area (Å²) in [7, 11) is 0. The van der Waals surface area contributed by atoms with E-state index < -0.39 is 86.8 Å². The second-order valence-electron chi connectivity index (χ2n) is 23.6. The van der Waals surface area contributed by atoms with Gasteiger partial charge in [-0.15, -0.1) is 0 Å². The molecule has 2 fully saturated rings. The number of amides is 1. The molecule has 2 rings (SSSR count). The minimum absolute atomic E-state index is 0.248. The molecular weight excluding hydrogens is 1030 g/mol. The zero-order valence-corrected chi connectivity index (χ0v) is 51.3. The molecule has 2 heterocycles. The van der Waals surface area contributed by atoms with Crippen molar-refractivity contribution in [3.05, 3.63) is 48.6 Å². The summed E-state index contributed by atoms with van der Waals surface area (Å²) in [6, 6.07) is -0.933. The summed E-state index contributed by atoms with van der Waals surface area (Å²) in [5.41, 5.74) is 0. The molecular formula is C67H123NO13. The van der Waals surface area contributed by atoms with Crippen LogP contribution in [0, 0.1) is 0 Å². The van der Waals surface area contributed by atoms with Gasteiger partial charge in [-0.1, -0.05) is 255 Å². The van der Waals surface area contributed by atoms with Crippen LogP contribution in [0.5, 0.6) is 0 Å². The Balaban J connectivity index is 1.73. The van der Waals surface area contributed by atoms with Crippen LogP contribution in [0.2, 0.25) is 0 Å². The minimum atomic E-state index is -1.79. The van der Waals surface area contributed by atoms with E-state index in [9.17, 15) is 45.6 Å². The summed E-state index contributed by atoms with van der Waals surface area (Å²) in [6.45, 7) is 2.80. The second-order valence-corrected chi connectivity index (χ2v) is 23.6. The second kappa shape index (κ2) is 52.3. The normalized spacial score (nSPS) is 24.4. The van der Waals surface area contributed by atoms with E-state index in [0.29, 0.717) is 12.8 Å². The molecule has 12 atom stereocenters. The predicted molar refractivity (Wildman–Crippen MR) is 327 cm³/mol. The number of aliphatic hydroxyl groups is 8. The number of hydrogen-bond acceptors (Lipinski definition) is 13. The number of allylic oxidation sites excluding steroid dienone is 7. The van der Waals surface area contributed by atoms with E-state index in [0.717, 1.165) is 38.5 Å². The van der Waals surface area contributed by atoms with Crippen molar-refractivity contribution in [2.45, 2.75) is 351 Å². The van der Waals surface area contributed by atoms with E-state index in [-0.39, 0.29) is 18.9 Å². The Labute approximate surface area is 493 Å². The summed E-state index contributed by atoms with van der Waals surface area (Å²) in [4.78, 5) is 13.3. The van der Waals surface area contributed by atoms with Crippen LogP contribution < -0.4 is 5.32 Å². The maximum absolute atomic E-state index is 13.3. The van der Waals surface area contributed by atoms with Crippen molar-refractivity contribution in [3.63, 3.8) is 0 Å². The van der Waals surface area contributed by atoms with Gasteiger partial charge in [0.25, 0.3) is 0 Å². The Hall–Kier alpha value is -2.05. The maximum Gasteiger partial charge on any atom is 0.220 e. The van der Waals surface area contributed by atoms with Crippen LogP contribution in [0.4, 0.5) is 0 Å². The monoisotopic (exact) mass is 1150 g/mol. The summed E-state index contributed by atoms with van der Waals surface area (Å²) >= 11 is 0. The molecule has 9 N–H and O–H groups in total. The lowest BCUT2D eigenvalue weighted by atomic mass is 9.97. The van der Waals surface area contributed by atoms with Gasteiger partial charge in [0.1, 0.15) is 48.8 Å². The lowest BCUT2D eigenvalue weighted by molar-refractivity contribution is -0.359. The Morgan fingerprint density at radius 2 is 0.827 bits per heavy atom. The highest BCUT2D eigenvalue weighted by Crippen LogP contribution is 2.30. The lowest BCUT2D eigenvalue weighted by Gasteiger charge is -2.46. The first kappa shape index (κ1) is 75.0. The van der Waals surface area contributed by atoms with E-state index in [1.807, 2.05) is 6.08 Å². The Morgan fingerprint density at radius 1 is 0.444 bits per heavy atom. The summed E-state index contributed by atoms with van der Waals surface area (Å²) < 4.78 is 22.8. The smallest absolute Gasteiger partial charge is 0.220 e. The Bertz CT molecular complexity index is 1540. The molecule has 0 saturated carbocycles. The number of aliphatic hydroxyl groups excluding tert-OH is 8. The van der Waals surface area contributed by atoms with Crippen molar-refractivity contribution in [3.8, 4) is 0 Å². The molecule has 12 unspecified atom stereocenters. The number of carbonyl (C=O) groups excluding carboxylic acids is 1. The number of rotatable bonds is 54. The van der Waals surface area contributed by atoms with Gasteiger partial charge in [0, 0.05) is 6.42 Å². The topological polar surface area (TPSA) is 228 Å². The predicted octanol–water partition coefficient (Wildman–Crippen LogP) is 12.7. The van der Waals surface area contributed by atoms with Crippen molar-refractivity contribution in [1.29, 1.82) is 0 Å². The van der Waals surface area contributed by atoms with Gasteiger partial charge >= 0.3 is 0 Å². The molecule has 0 bridgehead atoms. The molecule has 0 aromatic rings. The van der Waals surface area contributed by atoms with Gasteiger partial charge in [0.15, 0.2) is 12.6 Å². The summed E-state index contributed by atoms with van der Waals surface area (Å²) in [6.07, 6.45) is 50.1. The van der Waals surface area contributed by atoms with Gasteiger partial charge in [-0.3, -0.25) is 4.79 Å². The van der Waals surface area contributed by atoms with Gasteiger partial charge in [0.05, 0.1) is 32.0 Å². The number of unbranched alkanes of at least 4 members (excludes halogenated alkanes) is 35. The zero-order valence-electron chi connectivity index (χ0n) is 51.3. The average Bonchev–Trinajstić information content (AvgIpc) is 3.47. The van der Waals surface area contributed by atoms with Crippen LogP contribution in [0.25, 0.3) is 0 Å². The number of carbonyl (C=O) groups is 1. The fourth-order valence-corrected chi connectivity index (χ4v) is 10.9. The lowest BCUT2D eigenvalue weighted by Crippen LogP contribution is -2.65. The van der Waals surface area contributed by atoms with Crippen LogP contribution in [0.3, 0.4) is 0 Å². The molecule has 0 aromatic carbocycles. The van der Waals surface area contributed by atoms with Crippen molar-refractivity contribution < 1.29 is 64.6 Å². The first-order valence-electron chi connectivity index (χ1n) is 33.4. The Kier molecular flexibility index (Phi) is 48.5. The quantitative estimate of drug-likeness (QED) is 0.0204. The highest BCUT2D eigenvalue weighted by Gasteiger charge is 2.51. The van der Waals surface area contributed by atoms with E-state index in [1.54, 1.807) is 6.08 Å². The molecule has 2 aliphatic heterocycles. The molecule has 0 radical (unpaired) electrons. The third-order valence-corrected chi connectivity index (χ3v) is 16.2. The average molecular weight is 1150 g/mol. The molecule has 1 amide bonds. The highest BCUT2D eigenvalue weighted by atomic mass is 16.7. The van der Waals surface area contributed by atoms with Gasteiger partial charge in [0.2, 0.25) is 5.91 Å². The SMILES string of the molecule is CCCCCCC/C=C\C/C=C\CCCCCCCCCCCCCCCC(=O)NC(COC1OC(CO)C(OC2OC(CO)C(O)C(O)C2O)C(O)C1O)C(O)/C=C/CC/C=C/CCCCCCCCCCCCCCCCCC. The summed E-state index contributed by atoms with van der Waals surface area (Å²) in [5, 5.41) is 87.3. The van der Waals surface area contributed by atoms with Crippen molar-refractivity contribution in [1.82, 2.24) is 5.32 Å². The molecule has 0 spiro atoms. The van der Waals surface area contributed by atoms with Crippen LogP contribution in [0.15, 0.2) is 48.6 Å². The van der Waals surface area contributed by atoms with Crippen molar-refractivity contribution in [2.75, 3.05) is 19.8 Å². The number of ether oxygens (including phenoxy) is 4. The zero-order chi connectivity index (χ0) is 58.8. The van der Waals surface area contributed by atoms with Crippen LogP contribution >= 0.6 is 0 Å². The van der Waals surface area contributed by atoms with E-state index in [2.05, 4.69) is 55.6 Å². The van der Waals surface area contributed by atoms with Gasteiger partial charge in [-0.2, -0.15) is 0 Å². The molecule has 14 heteroatoms. The first-order valence-corrected chi connectivity index (χ1v) is 33.4. The van der Waals surface area contributed by atoms with E-state index in [1.165, 1.54) is 205 Å². The first-order chi connectivity index (χ1) is 39.6. The molecule has 2 saturated heterocycles. The van der Waals surface area contributed by atoms with Crippen LogP contribution in [-0.2, 0) is 23.7 Å². The summed E-state index contributed by atoms with van der Waals surface area (Å²) in [5.74, 6) is -0.248. The molecule has 2 aliphatic rings. The minimum Gasteiger partial charge on any atom is -0.394 e. The third kappa shape index (κ3) is 37.2. The molecule has 14 nitrogen and oxygen atoms in total. The van der Waals surface area contributed by atoms with E-state index >= 15 is 0 Å². The van der Waals surface area contributed by atoms with Gasteiger partial charge in [-0.25, -0.2) is 0 Å². The fraction of sp³-hybridized carbons (Fsp3) is 0.866. The van der Waals surface area contributed by atoms with E-state index in [4.69, 9.17) is 18.9 Å². The van der Waals surface area contributed by atoms with Gasteiger partial charge in [-0.05, 0) is 64.2 Å². The fourth-order valence-electron chi connectivity index (χ4n) is 10.9. The molecule has 474 valence electrons. The van der Waals surface area contributed by atoms with Crippen LogP contribution in [0.1, 0.15) is 277 Å². The Morgan fingerprint density at radius 3 is 1.28 bits per heavy atom. The van der Waals surface area contributed by atoms with Crippen molar-refractivity contribution in [2.24, 2.45) is 0 Å². The van der Waals surface area contributed by atoms with Crippen LogP contribution in [-0.4, -0.2) is 140 Å². The number of nitrogens with one attached hydrogen (secondary N) is 1. The molecule has 81 heavy (non-hydrogen) atoms.